The fraction of sp³-hybridized carbons (Fsp3) is 0.643. The third-order valence-corrected chi connectivity index (χ3v) is 2.42. The molecule has 0 rings (SSSR count). The number of hydrogen-bond acceptors (Lipinski definition) is 3. The van der Waals surface area contributed by atoms with Gasteiger partial charge in [-0.15, -0.1) is 0 Å². The van der Waals surface area contributed by atoms with Crippen LogP contribution in [0.4, 0.5) is 0 Å². The minimum absolute atomic E-state index is 0.0303. The van der Waals surface area contributed by atoms with Gasteiger partial charge in [0.05, 0.1) is 0 Å². The summed E-state index contributed by atoms with van der Waals surface area (Å²) in [7, 11) is 0. The zero-order valence-electron chi connectivity index (χ0n) is 12.5. The van der Waals surface area contributed by atoms with Crippen LogP contribution >= 0.6 is 0 Å². The lowest BCUT2D eigenvalue weighted by Gasteiger charge is -2.14. The molecule has 0 aliphatic rings. The Balaban J connectivity index is 0. The zero-order valence-corrected chi connectivity index (χ0v) is 12.5. The van der Waals surface area contributed by atoms with Gasteiger partial charge in [-0.1, -0.05) is 25.5 Å². The highest BCUT2D eigenvalue weighted by atomic mass is 16.4. The largest absolute Gasteiger partial charge is 0.481 e. The van der Waals surface area contributed by atoms with Crippen LogP contribution in [0.2, 0.25) is 0 Å². The molecule has 20 heavy (non-hydrogen) atoms. The number of unbranched alkanes of at least 4 members (excludes halogenated alkanes) is 1. The van der Waals surface area contributed by atoms with Crippen LogP contribution in [0.3, 0.4) is 0 Å². The number of carboxylic acids is 1. The van der Waals surface area contributed by atoms with Crippen LogP contribution in [0.25, 0.3) is 0 Å². The van der Waals surface area contributed by atoms with E-state index in [1.807, 2.05) is 32.9 Å². The molecule has 0 fully saturated rings. The van der Waals surface area contributed by atoms with Crippen molar-refractivity contribution in [3.05, 3.63) is 12.2 Å². The number of nitrogens with one attached hydrogen (secondary N) is 1. The van der Waals surface area contributed by atoms with E-state index >= 15 is 0 Å². The topological polar surface area (TPSA) is 109 Å². The lowest BCUT2D eigenvalue weighted by molar-refractivity contribution is -0.137. The first kappa shape index (κ1) is 20.5. The molecule has 0 saturated carbocycles. The molecule has 0 spiro atoms. The number of aliphatic carboxylic acids is 1. The van der Waals surface area contributed by atoms with E-state index in [4.69, 9.17) is 10.8 Å². The maximum atomic E-state index is 11.3. The van der Waals surface area contributed by atoms with Crippen LogP contribution in [-0.2, 0) is 14.4 Å². The van der Waals surface area contributed by atoms with Crippen LogP contribution in [-0.4, -0.2) is 28.9 Å². The van der Waals surface area contributed by atoms with E-state index in [1.165, 1.54) is 0 Å². The fourth-order valence-electron chi connectivity index (χ4n) is 1.16. The molecule has 0 aliphatic carbocycles. The normalized spacial score (nSPS) is 11.3. The van der Waals surface area contributed by atoms with Gasteiger partial charge >= 0.3 is 5.97 Å². The molecule has 6 heteroatoms. The summed E-state index contributed by atoms with van der Waals surface area (Å²) in [6, 6.07) is -0.888. The molecule has 0 aliphatic heterocycles. The number of primary amides is 1. The monoisotopic (exact) mass is 286 g/mol. The maximum Gasteiger partial charge on any atom is 0.303 e. The van der Waals surface area contributed by atoms with Gasteiger partial charge in [0.15, 0.2) is 0 Å². The summed E-state index contributed by atoms with van der Waals surface area (Å²) in [6.45, 7) is 5.95. The standard InChI is InChI=1S/C10H18N2O4.C4H8/c1-2-3-4-8(13)12-7(10(11)16)5-6-9(14)15;1-3-4-2/h7H,2-6H2,1H3,(H2,11,16)(H,12,13)(H,14,15);3-4H,1-2H3/b;4-3-. The van der Waals surface area contributed by atoms with E-state index in [2.05, 4.69) is 5.32 Å². The Bertz CT molecular complexity index is 323. The Morgan fingerprint density at radius 2 is 1.75 bits per heavy atom. The first-order chi connectivity index (χ1) is 9.38. The quantitative estimate of drug-likeness (QED) is 0.588. The summed E-state index contributed by atoms with van der Waals surface area (Å²) in [6.07, 6.45) is 5.78. The number of carbonyl (C=O) groups is 3. The van der Waals surface area contributed by atoms with Crippen molar-refractivity contribution in [2.24, 2.45) is 5.73 Å². The van der Waals surface area contributed by atoms with E-state index in [1.54, 1.807) is 0 Å². The third-order valence-electron chi connectivity index (χ3n) is 2.42. The second-order valence-electron chi connectivity index (χ2n) is 4.23. The first-order valence-corrected chi connectivity index (χ1v) is 6.76. The number of carboxylic acid groups (broad SMARTS) is 1. The van der Waals surface area contributed by atoms with Gasteiger partial charge < -0.3 is 16.2 Å². The highest BCUT2D eigenvalue weighted by molar-refractivity contribution is 5.86. The smallest absolute Gasteiger partial charge is 0.303 e. The van der Waals surface area contributed by atoms with Crippen molar-refractivity contribution in [1.82, 2.24) is 5.32 Å². The predicted octanol–water partition coefficient (Wildman–Crippen LogP) is 1.59. The fourth-order valence-corrected chi connectivity index (χ4v) is 1.16. The van der Waals surface area contributed by atoms with Crippen molar-refractivity contribution >= 4 is 17.8 Å². The Labute approximate surface area is 120 Å². The molecule has 0 aromatic heterocycles. The summed E-state index contributed by atoms with van der Waals surface area (Å²) >= 11 is 0. The van der Waals surface area contributed by atoms with Crippen LogP contribution in [0.1, 0.15) is 52.9 Å². The van der Waals surface area contributed by atoms with E-state index < -0.39 is 17.9 Å². The average Bonchev–Trinajstić information content (AvgIpc) is 2.40. The second-order valence-corrected chi connectivity index (χ2v) is 4.23. The van der Waals surface area contributed by atoms with Crippen LogP contribution in [0.5, 0.6) is 0 Å². The minimum atomic E-state index is -1.02. The number of nitrogens with two attached hydrogens (primary N) is 1. The molecule has 0 saturated heterocycles. The molecule has 0 radical (unpaired) electrons. The molecule has 2 amide bonds. The van der Waals surface area contributed by atoms with Gasteiger partial charge in [-0.25, -0.2) is 0 Å². The molecule has 0 aromatic rings. The molecular formula is C14H26N2O4. The van der Waals surface area contributed by atoms with E-state index in [0.717, 1.165) is 12.8 Å². The van der Waals surface area contributed by atoms with Gasteiger partial charge in [0.25, 0.3) is 0 Å². The van der Waals surface area contributed by atoms with Gasteiger partial charge in [0, 0.05) is 12.8 Å². The number of rotatable bonds is 8. The summed E-state index contributed by atoms with van der Waals surface area (Å²) < 4.78 is 0. The lowest BCUT2D eigenvalue weighted by Crippen LogP contribution is -2.44. The molecule has 0 heterocycles. The highest BCUT2D eigenvalue weighted by Gasteiger charge is 2.18. The number of carbonyl (C=O) groups excluding carboxylic acids is 2. The van der Waals surface area contributed by atoms with Gasteiger partial charge in [-0.2, -0.15) is 0 Å². The molecule has 0 aromatic carbocycles. The molecular weight excluding hydrogens is 260 g/mol. The van der Waals surface area contributed by atoms with E-state index in [-0.39, 0.29) is 18.7 Å². The predicted molar refractivity (Wildman–Crippen MR) is 78.0 cm³/mol. The molecule has 1 unspecified atom stereocenters. The van der Waals surface area contributed by atoms with Crippen molar-refractivity contribution in [2.45, 2.75) is 58.9 Å². The van der Waals surface area contributed by atoms with Gasteiger partial charge in [0.1, 0.15) is 6.04 Å². The molecule has 4 N–H and O–H groups in total. The Morgan fingerprint density at radius 1 is 1.20 bits per heavy atom. The van der Waals surface area contributed by atoms with Gasteiger partial charge in [-0.3, -0.25) is 14.4 Å². The molecule has 6 nitrogen and oxygen atoms in total. The van der Waals surface area contributed by atoms with Crippen molar-refractivity contribution in [3.63, 3.8) is 0 Å². The van der Waals surface area contributed by atoms with Gasteiger partial charge in [0.2, 0.25) is 11.8 Å². The van der Waals surface area contributed by atoms with Crippen LogP contribution in [0, 0.1) is 0 Å². The summed E-state index contributed by atoms with van der Waals surface area (Å²) in [5, 5.41) is 10.9. The van der Waals surface area contributed by atoms with Crippen LogP contribution in [0.15, 0.2) is 12.2 Å². The Morgan fingerprint density at radius 3 is 2.10 bits per heavy atom. The van der Waals surface area contributed by atoms with Crippen molar-refractivity contribution in [2.75, 3.05) is 0 Å². The summed E-state index contributed by atoms with van der Waals surface area (Å²) in [5.41, 5.74) is 5.05. The zero-order chi connectivity index (χ0) is 16.0. The van der Waals surface area contributed by atoms with Crippen LogP contribution < -0.4 is 11.1 Å². The van der Waals surface area contributed by atoms with Crippen molar-refractivity contribution in [3.8, 4) is 0 Å². The summed E-state index contributed by atoms with van der Waals surface area (Å²) in [5.74, 6) is -1.99. The first-order valence-electron chi connectivity index (χ1n) is 6.76. The Hall–Kier alpha value is -1.85. The second kappa shape index (κ2) is 13.6. The van der Waals surface area contributed by atoms with E-state index in [9.17, 15) is 14.4 Å². The molecule has 1 atom stereocenters. The van der Waals surface area contributed by atoms with E-state index in [0.29, 0.717) is 6.42 Å². The lowest BCUT2D eigenvalue weighted by atomic mass is 10.1. The number of amides is 2. The minimum Gasteiger partial charge on any atom is -0.481 e. The third kappa shape index (κ3) is 14.2. The molecule has 116 valence electrons. The average molecular weight is 286 g/mol. The molecule has 0 bridgehead atoms. The van der Waals surface area contributed by atoms with Crippen molar-refractivity contribution < 1.29 is 19.5 Å². The summed E-state index contributed by atoms with van der Waals surface area (Å²) in [4.78, 5) is 32.6. The SMILES string of the molecule is C/C=C\C.CCCCC(=O)NC(CCC(=O)O)C(N)=O. The number of allylic oxidation sites excluding steroid dienone is 2. The van der Waals surface area contributed by atoms with Gasteiger partial charge in [-0.05, 0) is 26.7 Å². The van der Waals surface area contributed by atoms with Crippen molar-refractivity contribution in [1.29, 1.82) is 0 Å². The number of hydrogen-bond donors (Lipinski definition) is 3. The maximum absolute atomic E-state index is 11.3. The highest BCUT2D eigenvalue weighted by Crippen LogP contribution is 2.00. The Kier molecular flexibility index (Phi) is 13.9.